The molecule has 1 unspecified atom stereocenters. The number of hydrogen-bond acceptors (Lipinski definition) is 3. The van der Waals surface area contributed by atoms with Crippen LogP contribution in [0.1, 0.15) is 17.9 Å². The van der Waals surface area contributed by atoms with Gasteiger partial charge in [-0.05, 0) is 25.1 Å². The van der Waals surface area contributed by atoms with Crippen molar-refractivity contribution in [1.82, 2.24) is 0 Å². The lowest BCUT2D eigenvalue weighted by atomic mass is 10.1. The number of carbonyl (C=O) groups is 1. The summed E-state index contributed by atoms with van der Waals surface area (Å²) in [5.41, 5.74) is 0.231. The van der Waals surface area contributed by atoms with Crippen molar-refractivity contribution in [2.24, 2.45) is 0 Å². The standard InChI is InChI=1S/C9H9ClO3/c1-5(11)9(10)7-4-6(12)2-3-8(7)13/h2-4,9,12-13H,1H3. The summed E-state index contributed by atoms with van der Waals surface area (Å²) in [5, 5.41) is 17.5. The third kappa shape index (κ3) is 2.12. The number of hydrogen-bond donors (Lipinski definition) is 2. The highest BCUT2D eigenvalue weighted by Gasteiger charge is 2.17. The third-order valence-electron chi connectivity index (χ3n) is 1.64. The SMILES string of the molecule is CC(=O)C(Cl)c1cc(O)ccc1O. The van der Waals surface area contributed by atoms with Crippen LogP contribution in [-0.4, -0.2) is 16.0 Å². The summed E-state index contributed by atoms with van der Waals surface area (Å²) in [4.78, 5) is 10.9. The number of phenolic OH excluding ortho intramolecular Hbond substituents is 2. The first-order valence-electron chi connectivity index (χ1n) is 3.68. The van der Waals surface area contributed by atoms with Gasteiger partial charge in [0, 0.05) is 5.56 Å². The van der Waals surface area contributed by atoms with Gasteiger partial charge < -0.3 is 10.2 Å². The molecule has 0 aliphatic rings. The van der Waals surface area contributed by atoms with Crippen LogP contribution in [-0.2, 0) is 4.79 Å². The molecule has 0 radical (unpaired) electrons. The molecule has 1 rings (SSSR count). The van der Waals surface area contributed by atoms with E-state index in [4.69, 9.17) is 16.7 Å². The molecule has 0 aliphatic carbocycles. The Balaban J connectivity index is 3.12. The van der Waals surface area contributed by atoms with E-state index in [1.54, 1.807) is 0 Å². The first kappa shape index (κ1) is 9.86. The second kappa shape index (κ2) is 3.66. The van der Waals surface area contributed by atoms with Gasteiger partial charge in [0.2, 0.25) is 0 Å². The predicted molar refractivity (Wildman–Crippen MR) is 49.0 cm³/mol. The van der Waals surface area contributed by atoms with Crippen molar-refractivity contribution in [2.45, 2.75) is 12.3 Å². The molecular formula is C9H9ClO3. The van der Waals surface area contributed by atoms with E-state index in [0.29, 0.717) is 0 Å². The fourth-order valence-electron chi connectivity index (χ4n) is 0.964. The molecule has 0 saturated carbocycles. The number of benzene rings is 1. The summed E-state index contributed by atoms with van der Waals surface area (Å²) in [6, 6.07) is 3.89. The Morgan fingerprint density at radius 1 is 1.46 bits per heavy atom. The van der Waals surface area contributed by atoms with Crippen LogP contribution in [0.5, 0.6) is 11.5 Å². The van der Waals surface area contributed by atoms with Crippen molar-refractivity contribution in [3.63, 3.8) is 0 Å². The summed E-state index contributed by atoms with van der Waals surface area (Å²) >= 11 is 5.70. The summed E-state index contributed by atoms with van der Waals surface area (Å²) in [7, 11) is 0. The van der Waals surface area contributed by atoms with Crippen molar-refractivity contribution in [1.29, 1.82) is 0 Å². The van der Waals surface area contributed by atoms with Crippen molar-refractivity contribution in [2.75, 3.05) is 0 Å². The monoisotopic (exact) mass is 200 g/mol. The molecule has 1 aromatic rings. The molecule has 0 saturated heterocycles. The molecule has 13 heavy (non-hydrogen) atoms. The average Bonchev–Trinajstić information content (AvgIpc) is 2.08. The fraction of sp³-hybridized carbons (Fsp3) is 0.222. The van der Waals surface area contributed by atoms with Gasteiger partial charge in [0.1, 0.15) is 16.9 Å². The second-order valence-corrected chi connectivity index (χ2v) is 3.15. The molecule has 1 aromatic carbocycles. The zero-order valence-electron chi connectivity index (χ0n) is 6.99. The van der Waals surface area contributed by atoms with E-state index in [2.05, 4.69) is 0 Å². The van der Waals surface area contributed by atoms with Gasteiger partial charge in [-0.2, -0.15) is 0 Å². The minimum atomic E-state index is -0.910. The predicted octanol–water partition coefficient (Wildman–Crippen LogP) is 1.97. The first-order valence-corrected chi connectivity index (χ1v) is 4.12. The van der Waals surface area contributed by atoms with E-state index >= 15 is 0 Å². The zero-order valence-corrected chi connectivity index (χ0v) is 7.75. The molecule has 2 N–H and O–H groups in total. The molecule has 0 aliphatic heterocycles. The van der Waals surface area contributed by atoms with Gasteiger partial charge in [-0.25, -0.2) is 0 Å². The van der Waals surface area contributed by atoms with Crippen molar-refractivity contribution >= 4 is 17.4 Å². The smallest absolute Gasteiger partial charge is 0.152 e. The molecule has 0 bridgehead atoms. The highest BCUT2D eigenvalue weighted by Crippen LogP contribution is 2.32. The Bertz CT molecular complexity index is 336. The molecule has 0 fully saturated rings. The van der Waals surface area contributed by atoms with E-state index in [-0.39, 0.29) is 22.8 Å². The normalized spacial score (nSPS) is 12.5. The van der Waals surface area contributed by atoms with Gasteiger partial charge in [0.15, 0.2) is 5.78 Å². The fourth-order valence-corrected chi connectivity index (χ4v) is 1.14. The number of halogens is 1. The molecule has 0 aromatic heterocycles. The van der Waals surface area contributed by atoms with Crippen LogP contribution in [0.25, 0.3) is 0 Å². The number of ketones is 1. The number of carbonyl (C=O) groups excluding carboxylic acids is 1. The van der Waals surface area contributed by atoms with E-state index < -0.39 is 5.38 Å². The highest BCUT2D eigenvalue weighted by atomic mass is 35.5. The maximum absolute atomic E-state index is 10.9. The van der Waals surface area contributed by atoms with Crippen LogP contribution >= 0.6 is 11.6 Å². The molecule has 0 amide bonds. The minimum absolute atomic E-state index is 0.0281. The third-order valence-corrected chi connectivity index (χ3v) is 2.18. The zero-order chi connectivity index (χ0) is 10.0. The number of Topliss-reactive ketones (excluding diaryl/α,β-unsaturated/α-hetero) is 1. The maximum atomic E-state index is 10.9. The van der Waals surface area contributed by atoms with Crippen LogP contribution in [0.4, 0.5) is 0 Å². The molecule has 0 spiro atoms. The molecule has 0 heterocycles. The number of alkyl halides is 1. The van der Waals surface area contributed by atoms with Crippen molar-refractivity contribution < 1.29 is 15.0 Å². The quantitative estimate of drug-likeness (QED) is 0.567. The molecular weight excluding hydrogens is 192 g/mol. The van der Waals surface area contributed by atoms with Crippen LogP contribution in [0.3, 0.4) is 0 Å². The van der Waals surface area contributed by atoms with E-state index in [9.17, 15) is 9.90 Å². The largest absolute Gasteiger partial charge is 0.508 e. The Kier molecular flexibility index (Phi) is 2.78. The Labute approximate surface area is 80.6 Å². The van der Waals surface area contributed by atoms with E-state index in [1.165, 1.54) is 25.1 Å². The Morgan fingerprint density at radius 2 is 2.08 bits per heavy atom. The summed E-state index contributed by atoms with van der Waals surface area (Å²) in [5.74, 6) is -0.393. The molecule has 3 nitrogen and oxygen atoms in total. The molecule has 4 heteroatoms. The molecule has 70 valence electrons. The Morgan fingerprint density at radius 3 is 2.62 bits per heavy atom. The van der Waals surface area contributed by atoms with Crippen LogP contribution in [0.15, 0.2) is 18.2 Å². The van der Waals surface area contributed by atoms with Gasteiger partial charge in [0.05, 0.1) is 0 Å². The lowest BCUT2D eigenvalue weighted by Crippen LogP contribution is -2.01. The van der Waals surface area contributed by atoms with Crippen LogP contribution in [0, 0.1) is 0 Å². The Hall–Kier alpha value is -1.22. The van der Waals surface area contributed by atoms with Gasteiger partial charge >= 0.3 is 0 Å². The van der Waals surface area contributed by atoms with Crippen LogP contribution < -0.4 is 0 Å². The van der Waals surface area contributed by atoms with Gasteiger partial charge in [-0.3, -0.25) is 4.79 Å². The van der Waals surface area contributed by atoms with Gasteiger partial charge in [0.25, 0.3) is 0 Å². The summed E-state index contributed by atoms with van der Waals surface area (Å²) in [6.45, 7) is 1.32. The molecule has 1 atom stereocenters. The van der Waals surface area contributed by atoms with Crippen molar-refractivity contribution in [3.8, 4) is 11.5 Å². The summed E-state index contributed by atoms with van der Waals surface area (Å²) < 4.78 is 0. The van der Waals surface area contributed by atoms with E-state index in [1.807, 2.05) is 0 Å². The number of aromatic hydroxyl groups is 2. The summed E-state index contributed by atoms with van der Waals surface area (Å²) in [6.07, 6.45) is 0. The highest BCUT2D eigenvalue weighted by molar-refractivity contribution is 6.31. The lowest BCUT2D eigenvalue weighted by Gasteiger charge is -2.08. The number of rotatable bonds is 2. The number of phenols is 2. The van der Waals surface area contributed by atoms with Crippen molar-refractivity contribution in [3.05, 3.63) is 23.8 Å². The minimum Gasteiger partial charge on any atom is -0.508 e. The second-order valence-electron chi connectivity index (χ2n) is 2.72. The first-order chi connectivity index (χ1) is 6.02. The average molecular weight is 201 g/mol. The van der Waals surface area contributed by atoms with Crippen LogP contribution in [0.2, 0.25) is 0 Å². The lowest BCUT2D eigenvalue weighted by molar-refractivity contribution is -0.116. The van der Waals surface area contributed by atoms with E-state index in [0.717, 1.165) is 0 Å². The van der Waals surface area contributed by atoms with Gasteiger partial charge in [-0.15, -0.1) is 11.6 Å². The maximum Gasteiger partial charge on any atom is 0.152 e. The van der Waals surface area contributed by atoms with Gasteiger partial charge in [-0.1, -0.05) is 0 Å². The topological polar surface area (TPSA) is 57.5 Å².